The first-order chi connectivity index (χ1) is 44.9. The molecular weight excluding hydrogens is 1120 g/mol. The number of rotatable bonds is 10. The van der Waals surface area contributed by atoms with Gasteiger partial charge in [-0.15, -0.1) is 0 Å². The van der Waals surface area contributed by atoms with Crippen LogP contribution in [0.5, 0.6) is 0 Å². The molecule has 4 heteroatoms. The summed E-state index contributed by atoms with van der Waals surface area (Å²) in [5, 5.41) is 9.01. The summed E-state index contributed by atoms with van der Waals surface area (Å²) in [6, 6.07) is 107. The largest absolute Gasteiger partial charge is 0.454 e. The van der Waals surface area contributed by atoms with Crippen LogP contribution in [0.1, 0.15) is 52.7 Å². The van der Waals surface area contributed by atoms with E-state index in [1.807, 2.05) is 0 Å². The number of para-hydroxylation sites is 4. The lowest BCUT2D eigenvalue weighted by molar-refractivity contribution is 0.590. The first kappa shape index (κ1) is 54.9. The second kappa shape index (κ2) is 21.2. The van der Waals surface area contributed by atoms with Crippen LogP contribution in [0.25, 0.3) is 132 Å². The summed E-state index contributed by atoms with van der Waals surface area (Å²) in [5.74, 6) is 0. The van der Waals surface area contributed by atoms with Gasteiger partial charge in [0.2, 0.25) is 0 Å². The molecule has 0 aliphatic heterocycles. The Morgan fingerprint density at radius 2 is 0.522 bits per heavy atom. The highest BCUT2D eigenvalue weighted by Gasteiger charge is 2.39. The number of hydrogen-bond acceptors (Lipinski definition) is 4. The van der Waals surface area contributed by atoms with Gasteiger partial charge in [0.1, 0.15) is 11.2 Å². The molecular formula is C88H66N2O2. The van der Waals surface area contributed by atoms with E-state index in [0.29, 0.717) is 0 Å². The van der Waals surface area contributed by atoms with Crippen molar-refractivity contribution in [2.45, 2.75) is 52.4 Å². The minimum atomic E-state index is -0.0324. The Labute approximate surface area is 536 Å². The van der Waals surface area contributed by atoms with E-state index in [9.17, 15) is 0 Å². The summed E-state index contributed by atoms with van der Waals surface area (Å²) in [7, 11) is 0. The number of nitrogens with zero attached hydrogens (tertiary/aromatic N) is 2. The number of hydrogen-bond donors (Lipinski definition) is 0. The third kappa shape index (κ3) is 8.80. The zero-order valence-electron chi connectivity index (χ0n) is 52.4. The monoisotopic (exact) mass is 1180 g/mol. The third-order valence-corrected chi connectivity index (χ3v) is 19.1. The van der Waals surface area contributed by atoms with Gasteiger partial charge in [-0.2, -0.15) is 0 Å². The van der Waals surface area contributed by atoms with Gasteiger partial charge in [-0.3, -0.25) is 0 Å². The number of anilines is 6. The van der Waals surface area contributed by atoms with Crippen molar-refractivity contribution < 1.29 is 8.83 Å². The number of benzene rings is 14. The fourth-order valence-corrected chi connectivity index (χ4v) is 14.7. The summed E-state index contributed by atoms with van der Waals surface area (Å²) in [5.41, 5.74) is 26.4. The molecule has 0 unspecified atom stereocenters. The first-order valence-electron chi connectivity index (χ1n) is 32.1. The Hall–Kier alpha value is -11.2. The highest BCUT2D eigenvalue weighted by Crippen LogP contribution is 2.66. The molecule has 0 fully saturated rings. The predicted octanol–water partition coefficient (Wildman–Crippen LogP) is 25.6. The van der Waals surface area contributed by atoms with Crippen LogP contribution in [-0.2, 0) is 10.8 Å². The van der Waals surface area contributed by atoms with Crippen molar-refractivity contribution in [3.05, 3.63) is 302 Å². The van der Waals surface area contributed by atoms with Crippen molar-refractivity contribution >= 4 is 99.5 Å². The maximum absolute atomic E-state index is 6.94. The molecule has 0 saturated carbocycles. The lowest BCUT2D eigenvalue weighted by atomic mass is 9.65. The molecule has 0 amide bonds. The molecule has 17 rings (SSSR count). The molecule has 1 aliphatic carbocycles. The number of fused-ring (bicyclic) bond motifs is 12. The van der Waals surface area contributed by atoms with Crippen LogP contribution in [0.4, 0.5) is 34.1 Å². The zero-order chi connectivity index (χ0) is 62.0. The normalized spacial score (nSPS) is 12.2. The minimum absolute atomic E-state index is 0.0324. The van der Waals surface area contributed by atoms with E-state index in [0.717, 1.165) is 111 Å². The van der Waals surface area contributed by atoms with E-state index in [1.165, 1.54) is 66.4 Å². The fourth-order valence-electron chi connectivity index (χ4n) is 14.7. The van der Waals surface area contributed by atoms with E-state index < -0.39 is 0 Å². The van der Waals surface area contributed by atoms with Crippen LogP contribution in [0.2, 0.25) is 0 Å². The van der Waals surface area contributed by atoms with Crippen LogP contribution in [0.3, 0.4) is 0 Å². The van der Waals surface area contributed by atoms with Crippen LogP contribution < -0.4 is 9.80 Å². The molecule has 2 heterocycles. The lowest BCUT2D eigenvalue weighted by Crippen LogP contribution is -2.14. The SMILES string of the molecule is CC(C)(C)c1ccc(N(c2ccc3c(-c4ccccc4)c4c(c(-c5ccccc5)c3c2)-c2c-4c(-c3ccccc3)c3ccc(N(c4ccc(C(C)(C)C)cc4)c4cccc5c4oc4ccccc45)cc3c2-c2ccccc2)c2cccc3c2oc2ccccc23)cc1. The molecule has 440 valence electrons. The zero-order valence-corrected chi connectivity index (χ0v) is 52.4. The summed E-state index contributed by atoms with van der Waals surface area (Å²) in [6.07, 6.45) is 0. The summed E-state index contributed by atoms with van der Waals surface area (Å²) >= 11 is 0. The van der Waals surface area contributed by atoms with Gasteiger partial charge in [0.05, 0.1) is 11.4 Å². The Balaban J connectivity index is 0.995. The van der Waals surface area contributed by atoms with Crippen LogP contribution >= 0.6 is 0 Å². The smallest absolute Gasteiger partial charge is 0.159 e. The first-order valence-corrected chi connectivity index (χ1v) is 32.1. The van der Waals surface area contributed by atoms with E-state index in [2.05, 4.69) is 343 Å². The second-order valence-electron chi connectivity index (χ2n) is 26.7. The van der Waals surface area contributed by atoms with Gasteiger partial charge in [-0.25, -0.2) is 0 Å². The van der Waals surface area contributed by atoms with Crippen molar-refractivity contribution in [2.24, 2.45) is 0 Å². The lowest BCUT2D eigenvalue weighted by Gasteiger charge is -2.38. The molecule has 14 aromatic carbocycles. The van der Waals surface area contributed by atoms with E-state index in [4.69, 9.17) is 8.83 Å². The van der Waals surface area contributed by atoms with Crippen molar-refractivity contribution in [1.82, 2.24) is 0 Å². The van der Waals surface area contributed by atoms with E-state index in [-0.39, 0.29) is 10.8 Å². The van der Waals surface area contributed by atoms with Crippen LogP contribution in [0.15, 0.2) is 300 Å². The molecule has 92 heavy (non-hydrogen) atoms. The number of furan rings is 2. The van der Waals surface area contributed by atoms with E-state index >= 15 is 0 Å². The van der Waals surface area contributed by atoms with Gasteiger partial charge in [0, 0.05) is 44.3 Å². The standard InChI is InChI=1S/C88H66N2O2/c1-87(2,3)59-41-45-61(46-42-59)89(73-37-23-35-69-65-33-19-21-39-75(65)91-85(69)73)63-49-51-67-71(53-63)79(57-29-15-9-16-30-57)83-81(77(67)55-25-11-7-12-26-55)82-78(56-27-13-8-14-28-56)68-52-50-64(54-72(68)80(84(82)83)58-31-17-10-18-32-58)90(62-47-43-60(44-48-62)88(4,5)6)74-38-24-36-70-66-34-20-22-40-76(66)92-86(70)74/h7-54H,1-6H3. The molecule has 0 radical (unpaired) electrons. The fraction of sp³-hybridized carbons (Fsp3) is 0.0909. The molecule has 0 saturated heterocycles. The van der Waals surface area contributed by atoms with Crippen molar-refractivity contribution in [1.29, 1.82) is 0 Å². The van der Waals surface area contributed by atoms with Gasteiger partial charge >= 0.3 is 0 Å². The molecule has 1 aliphatic rings. The van der Waals surface area contributed by atoms with Crippen molar-refractivity contribution in [2.75, 3.05) is 9.80 Å². The molecule has 0 N–H and O–H groups in total. The van der Waals surface area contributed by atoms with E-state index in [1.54, 1.807) is 0 Å². The summed E-state index contributed by atoms with van der Waals surface area (Å²) in [4.78, 5) is 4.82. The molecule has 0 bridgehead atoms. The van der Waals surface area contributed by atoms with Gasteiger partial charge in [-0.05, 0) is 183 Å². The molecule has 0 atom stereocenters. The Bertz CT molecular complexity index is 5210. The quantitative estimate of drug-likeness (QED) is 0.137. The topological polar surface area (TPSA) is 32.8 Å². The second-order valence-corrected chi connectivity index (χ2v) is 26.7. The highest BCUT2D eigenvalue weighted by molar-refractivity contribution is 6.33. The molecule has 16 aromatic rings. The maximum atomic E-state index is 6.94. The molecule has 2 aromatic heterocycles. The van der Waals surface area contributed by atoms with Gasteiger partial charge in [0.25, 0.3) is 0 Å². The minimum Gasteiger partial charge on any atom is -0.454 e. The molecule has 0 spiro atoms. The summed E-state index contributed by atoms with van der Waals surface area (Å²) in [6.45, 7) is 13.7. The van der Waals surface area contributed by atoms with Gasteiger partial charge < -0.3 is 18.6 Å². The van der Waals surface area contributed by atoms with Gasteiger partial charge in [0.15, 0.2) is 11.2 Å². The highest BCUT2D eigenvalue weighted by atomic mass is 16.3. The Morgan fingerprint density at radius 3 is 0.859 bits per heavy atom. The van der Waals surface area contributed by atoms with Crippen molar-refractivity contribution in [3.8, 4) is 66.8 Å². The summed E-state index contributed by atoms with van der Waals surface area (Å²) < 4.78 is 13.9. The van der Waals surface area contributed by atoms with Crippen molar-refractivity contribution in [3.63, 3.8) is 0 Å². The Kier molecular flexibility index (Phi) is 12.7. The van der Waals surface area contributed by atoms with Crippen LogP contribution in [-0.4, -0.2) is 0 Å². The average molecular weight is 1180 g/mol. The third-order valence-electron chi connectivity index (χ3n) is 19.1. The predicted molar refractivity (Wildman–Crippen MR) is 389 cm³/mol. The maximum Gasteiger partial charge on any atom is 0.159 e. The molecule has 4 nitrogen and oxygen atoms in total. The van der Waals surface area contributed by atoms with Crippen LogP contribution in [0, 0.1) is 0 Å². The average Bonchev–Trinajstić information content (AvgIpc) is 0.748. The Morgan fingerprint density at radius 1 is 0.228 bits per heavy atom. The van der Waals surface area contributed by atoms with Gasteiger partial charge in [-0.1, -0.05) is 260 Å².